The quantitative estimate of drug-likeness (QED) is 0.0385. The zero-order chi connectivity index (χ0) is 87.3. The first-order chi connectivity index (χ1) is 57.5. The lowest BCUT2D eigenvalue weighted by atomic mass is 9.84. The molecule has 0 saturated carbocycles. The maximum Gasteiger partial charge on any atom is 0.336 e. The smallest absolute Gasteiger partial charge is 0.336 e. The van der Waals surface area contributed by atoms with Crippen LogP contribution in [-0.2, 0) is 68.6 Å². The number of carbonyl (C=O) groups excluding carboxylic acids is 8. The number of aliphatic hydroxyl groups excluding tert-OH is 7. The number of amides is 7. The third kappa shape index (κ3) is 20.0. The van der Waals surface area contributed by atoms with Crippen molar-refractivity contribution in [2.24, 2.45) is 11.7 Å². The Bertz CT molecular complexity index is 5020. The van der Waals surface area contributed by atoms with Gasteiger partial charge in [-0.25, -0.2) is 4.79 Å². The number of phenols is 3. The highest BCUT2D eigenvalue weighted by molar-refractivity contribution is 6.32. The minimum atomic E-state index is -2.61. The minimum absolute atomic E-state index is 0.0508. The molecule has 2 saturated heterocycles. The number of nitrogens with two attached hydrogens (primary N) is 1. The summed E-state index contributed by atoms with van der Waals surface area (Å²) in [5.41, 5.74) is 4.43. The third-order valence-corrected chi connectivity index (χ3v) is 22.1. The van der Waals surface area contributed by atoms with E-state index in [0.29, 0.717) is 5.56 Å². The number of hydrogen-bond acceptors (Lipinski definition) is 29. The number of ether oxygens (including phenoxy) is 8. The molecule has 121 heavy (non-hydrogen) atoms. The van der Waals surface area contributed by atoms with Gasteiger partial charge < -0.3 is 142 Å². The second-order valence-corrected chi connectivity index (χ2v) is 31.3. The Morgan fingerprint density at radius 2 is 1.31 bits per heavy atom. The van der Waals surface area contributed by atoms with Crippen LogP contribution in [0.1, 0.15) is 111 Å². The number of halogens is 2. The largest absolute Gasteiger partial charge is 0.508 e. The number of likely N-dealkylation sites (N-methyl/N-ethyl adjacent to an activating group) is 1. The molecule has 15 unspecified atom stereocenters. The van der Waals surface area contributed by atoms with E-state index in [4.69, 9.17) is 66.8 Å². The molecule has 14 rings (SSSR count). The van der Waals surface area contributed by atoms with Gasteiger partial charge >= 0.3 is 5.97 Å². The van der Waals surface area contributed by atoms with Gasteiger partial charge in [0.2, 0.25) is 53.4 Å². The minimum Gasteiger partial charge on any atom is -0.508 e. The highest BCUT2D eigenvalue weighted by atomic mass is 35.5. The molecule has 38 heteroatoms. The number of nitrogens with one attached hydrogen (secondary N) is 8. The number of methoxy groups -OCH3 is 1. The lowest BCUT2D eigenvalue weighted by molar-refractivity contribution is -0.334. The van der Waals surface area contributed by atoms with Crippen LogP contribution < -0.4 is 62.5 Å². The SMILES string of the molecule is CN[C@H](CC(C)C)C(=O)N[C@@H]1C(=O)NC(C(N)=O)CC(=O)NC2C(=O)NC3C(=O)N[C@H](C(=O)NC(C(O)O)c4cc(O)cc(O)c4-c4cc3ccc4O)[C@H](O)c3ccc(c(Cl)c3)Oc3cc2cc(c3OC2OC(CO)C(O)C(O)C2OC2CC(C)(NCC(OCc3ccc(-c4ccccc4)cc3)C(=O)OC)C(O)C(C)O2)Oc2ccc(cc2Cl)C1O. The number of esters is 1. The maximum atomic E-state index is 16.1. The molecule has 7 aromatic rings. The van der Waals surface area contributed by atoms with Crippen molar-refractivity contribution < 1.29 is 132 Å². The van der Waals surface area contributed by atoms with Gasteiger partial charge in [0.15, 0.2) is 36.3 Å². The van der Waals surface area contributed by atoms with Crippen LogP contribution in [0.2, 0.25) is 10.0 Å². The first-order valence-corrected chi connectivity index (χ1v) is 39.2. The van der Waals surface area contributed by atoms with Crippen LogP contribution in [0.4, 0.5) is 0 Å². The maximum absolute atomic E-state index is 16.1. The summed E-state index contributed by atoms with van der Waals surface area (Å²) in [4.78, 5) is 118. The Morgan fingerprint density at radius 3 is 1.93 bits per heavy atom. The van der Waals surface area contributed by atoms with E-state index in [2.05, 4.69) is 42.5 Å². The summed E-state index contributed by atoms with van der Waals surface area (Å²) in [6.07, 6.45) is -23.5. The summed E-state index contributed by atoms with van der Waals surface area (Å²) >= 11 is 14.3. The Hall–Kier alpha value is -10.9. The van der Waals surface area contributed by atoms with Crippen LogP contribution in [0.3, 0.4) is 0 Å². The Kier molecular flexibility index (Phi) is 28.1. The van der Waals surface area contributed by atoms with Crippen LogP contribution >= 0.6 is 23.2 Å². The highest BCUT2D eigenvalue weighted by Crippen LogP contribution is 2.50. The average molecular weight is 1720 g/mol. The fourth-order valence-corrected chi connectivity index (χ4v) is 15.4. The fraction of sp³-hybridized carbons (Fsp3) is 0.398. The number of primary amides is 1. The van der Waals surface area contributed by atoms with Crippen LogP contribution in [0, 0.1) is 5.92 Å². The number of aromatic hydroxyl groups is 3. The summed E-state index contributed by atoms with van der Waals surface area (Å²) in [5.74, 6) is -14.9. The first kappa shape index (κ1) is 89.4. The third-order valence-electron chi connectivity index (χ3n) is 21.5. The van der Waals surface area contributed by atoms with Crippen LogP contribution in [0.15, 0.2) is 133 Å². The predicted octanol–water partition coefficient (Wildman–Crippen LogP) is 2.39. The van der Waals surface area contributed by atoms with Crippen LogP contribution in [0.25, 0.3) is 22.3 Å². The van der Waals surface area contributed by atoms with Crippen molar-refractivity contribution in [1.82, 2.24) is 42.5 Å². The van der Waals surface area contributed by atoms with E-state index in [1.807, 2.05) is 68.4 Å². The molecule has 646 valence electrons. The Labute approximate surface area is 701 Å². The summed E-state index contributed by atoms with van der Waals surface area (Å²) in [6.45, 7) is 5.39. The molecule has 36 nitrogen and oxygen atoms in total. The van der Waals surface area contributed by atoms with Crippen LogP contribution in [-0.4, -0.2) is 222 Å². The van der Waals surface area contributed by atoms with Crippen molar-refractivity contribution in [3.8, 4) is 68.2 Å². The predicted molar refractivity (Wildman–Crippen MR) is 426 cm³/mol. The molecule has 19 atom stereocenters. The molecule has 0 aliphatic carbocycles. The number of fused-ring (bicyclic) bond motifs is 16. The Balaban J connectivity index is 1.01. The van der Waals surface area contributed by atoms with E-state index in [-0.39, 0.29) is 54.4 Å². The molecule has 7 aromatic carbocycles. The zero-order valence-corrected chi connectivity index (χ0v) is 67.3. The zero-order valence-electron chi connectivity index (χ0n) is 65.8. The molecular formula is C83H93Cl2N9O27. The number of carbonyl (C=O) groups is 8. The molecule has 7 aliphatic rings. The molecule has 7 aliphatic heterocycles. The van der Waals surface area contributed by atoms with Gasteiger partial charge in [-0.2, -0.15) is 0 Å². The second kappa shape index (κ2) is 38.0. The second-order valence-electron chi connectivity index (χ2n) is 30.5. The summed E-state index contributed by atoms with van der Waals surface area (Å²) in [5, 5.41) is 148. The van der Waals surface area contributed by atoms with Crippen molar-refractivity contribution in [2.45, 2.75) is 175 Å². The van der Waals surface area contributed by atoms with Crippen molar-refractivity contribution in [3.05, 3.63) is 177 Å². The molecular weight excluding hydrogens is 1630 g/mol. The van der Waals surface area contributed by atoms with E-state index < -0.39 is 255 Å². The molecule has 0 radical (unpaired) electrons. The van der Waals surface area contributed by atoms with Gasteiger partial charge in [-0.3, -0.25) is 33.6 Å². The summed E-state index contributed by atoms with van der Waals surface area (Å²) < 4.78 is 50.7. The van der Waals surface area contributed by atoms with E-state index in [0.717, 1.165) is 77.9 Å². The molecule has 21 N–H and O–H groups in total. The van der Waals surface area contributed by atoms with Gasteiger partial charge in [0.1, 0.15) is 95.5 Å². The fourth-order valence-electron chi connectivity index (χ4n) is 15.0. The van der Waals surface area contributed by atoms with Gasteiger partial charge in [-0.05, 0) is 132 Å². The van der Waals surface area contributed by atoms with Gasteiger partial charge in [-0.15, -0.1) is 0 Å². The lowest BCUT2D eigenvalue weighted by Gasteiger charge is -2.48. The van der Waals surface area contributed by atoms with Gasteiger partial charge in [0.05, 0.1) is 55.0 Å². The van der Waals surface area contributed by atoms with Gasteiger partial charge in [0.25, 0.3) is 0 Å². The van der Waals surface area contributed by atoms with E-state index in [1.165, 1.54) is 33.2 Å². The van der Waals surface area contributed by atoms with E-state index in [9.17, 15) is 80.1 Å². The number of aliphatic hydroxyl groups is 8. The Morgan fingerprint density at radius 1 is 0.686 bits per heavy atom. The van der Waals surface area contributed by atoms with Crippen LogP contribution in [0.5, 0.6) is 46.0 Å². The molecule has 7 heterocycles. The summed E-state index contributed by atoms with van der Waals surface area (Å²) in [7, 11) is 2.65. The topological polar surface area (TPSA) is 555 Å². The molecule has 0 aromatic heterocycles. The van der Waals surface area contributed by atoms with Crippen molar-refractivity contribution in [1.29, 1.82) is 0 Å². The van der Waals surface area contributed by atoms with Crippen molar-refractivity contribution in [3.63, 3.8) is 0 Å². The molecule has 2 fully saturated rings. The number of hydrogen-bond donors (Lipinski definition) is 20. The van der Waals surface area contributed by atoms with E-state index in [1.54, 1.807) is 6.92 Å². The molecule has 7 amide bonds. The standard InChI is InChI=1S/C83H93Cl2N9O27/c1-35(2)22-50(87-5)75(106)93-65-67(100)41-17-20-53(47(84)24-41)117-55-26-43-27-56(71(55)121-82-72(70(103)69(102)58(33-95)119-82)120-60-31-83(4,73(104)36(3)116-60)88-32-57(81(113)114-6)115-34-37-12-14-39(15-13-37)38-10-8-7-9-11-38)118-54-21-18-42(25-48(54)85)68(101)66-79(110)92-64(80(111)112)46-28-44(96)29-52(98)61(46)45-23-40(16-19-51(45)97)62(76(107)94-66)91-77(108)63(43)90-59(99)30-49(74(86)105)89-78(65)109/h7-21,23-29,35-36,49-50,57-58,60,62-70,72-73,80,82,87-88,95-98,100-104,111-112H,22,30-34H2,1-6H3,(H2,86,105)(H,89,109)(H,90,99)(H,91,108)(H,92,110)(H,93,106)(H,94,107)/t36?,49?,50-,57?,58?,60?,62?,63?,64?,65+,66+,67?,68-,69?,70?,72?,73?,82?,83?/m1/s1. The van der Waals surface area contributed by atoms with Crippen molar-refractivity contribution in [2.75, 3.05) is 27.3 Å². The highest BCUT2D eigenvalue weighted by Gasteiger charge is 2.53. The molecule has 0 spiro atoms. The van der Waals surface area contributed by atoms with Gasteiger partial charge in [-0.1, -0.05) is 110 Å². The molecule has 11 bridgehead atoms. The monoisotopic (exact) mass is 1720 g/mol. The van der Waals surface area contributed by atoms with Crippen molar-refractivity contribution >= 4 is 70.5 Å². The van der Waals surface area contributed by atoms with Gasteiger partial charge in [0, 0.05) is 35.7 Å². The van der Waals surface area contributed by atoms with E-state index >= 15 is 14.4 Å². The number of rotatable bonds is 20. The normalized spacial score (nSPS) is 26.9. The number of phenolic OH excluding ortho intramolecular Hbond substituents is 3. The summed E-state index contributed by atoms with van der Waals surface area (Å²) in [6, 6.07) is 17.0. The first-order valence-electron chi connectivity index (χ1n) is 38.4. The number of benzene rings is 7. The lowest BCUT2D eigenvalue weighted by Crippen LogP contribution is -2.66. The average Bonchev–Trinajstić information content (AvgIpc) is 0.816.